The second-order valence-electron chi connectivity index (χ2n) is 5.75. The van der Waals surface area contributed by atoms with Crippen LogP contribution in [0.2, 0.25) is 5.02 Å². The van der Waals surface area contributed by atoms with Crippen LogP contribution >= 0.6 is 11.6 Å². The van der Waals surface area contributed by atoms with Crippen molar-refractivity contribution < 1.29 is 4.79 Å². The number of benzene rings is 1. The van der Waals surface area contributed by atoms with Crippen LogP contribution in [-0.2, 0) is 4.79 Å². The number of hydrogen-bond donors (Lipinski definition) is 2. The molecule has 1 heterocycles. The van der Waals surface area contributed by atoms with Gasteiger partial charge >= 0.3 is 0 Å². The maximum Gasteiger partial charge on any atom is 0.225 e. The fourth-order valence-corrected chi connectivity index (χ4v) is 2.91. The van der Waals surface area contributed by atoms with Crippen molar-refractivity contribution in [1.82, 2.24) is 4.90 Å². The minimum Gasteiger partial charge on any atom is -0.397 e. The Morgan fingerprint density at radius 2 is 2.33 bits per heavy atom. The molecule has 0 radical (unpaired) electrons. The van der Waals surface area contributed by atoms with Crippen molar-refractivity contribution in [2.24, 2.45) is 5.92 Å². The SMILES string of the molecule is CCC1CCCN(CCC(=O)Nc2ccc(Cl)c(N)c2)C1. The van der Waals surface area contributed by atoms with Crippen molar-refractivity contribution in [3.05, 3.63) is 23.2 Å². The van der Waals surface area contributed by atoms with E-state index in [9.17, 15) is 4.79 Å². The first-order chi connectivity index (χ1) is 10.1. The lowest BCUT2D eigenvalue weighted by atomic mass is 9.95. The molecule has 0 aromatic heterocycles. The van der Waals surface area contributed by atoms with Crippen LogP contribution in [-0.4, -0.2) is 30.4 Å². The number of nitrogens with two attached hydrogens (primary N) is 1. The summed E-state index contributed by atoms with van der Waals surface area (Å²) in [5, 5.41) is 3.38. The maximum absolute atomic E-state index is 12.0. The van der Waals surface area contributed by atoms with Crippen molar-refractivity contribution >= 4 is 28.9 Å². The summed E-state index contributed by atoms with van der Waals surface area (Å²) >= 11 is 5.86. The third kappa shape index (κ3) is 4.90. The van der Waals surface area contributed by atoms with E-state index in [2.05, 4.69) is 17.1 Å². The molecule has 1 fully saturated rings. The van der Waals surface area contributed by atoms with Gasteiger partial charge in [0.25, 0.3) is 0 Å². The lowest BCUT2D eigenvalue weighted by molar-refractivity contribution is -0.116. The molecular weight excluding hydrogens is 286 g/mol. The van der Waals surface area contributed by atoms with E-state index in [4.69, 9.17) is 17.3 Å². The number of carbonyl (C=O) groups excluding carboxylic acids is 1. The molecule has 2 rings (SSSR count). The number of rotatable bonds is 5. The van der Waals surface area contributed by atoms with Crippen molar-refractivity contribution in [2.45, 2.75) is 32.6 Å². The molecular formula is C16H24ClN3O. The Labute approximate surface area is 131 Å². The molecule has 1 saturated heterocycles. The molecule has 1 aromatic carbocycles. The van der Waals surface area contributed by atoms with Gasteiger partial charge in [-0.25, -0.2) is 0 Å². The average Bonchev–Trinajstić information content (AvgIpc) is 2.49. The highest BCUT2D eigenvalue weighted by Crippen LogP contribution is 2.22. The Morgan fingerprint density at radius 1 is 1.52 bits per heavy atom. The summed E-state index contributed by atoms with van der Waals surface area (Å²) in [5.41, 5.74) is 6.91. The molecule has 1 aliphatic rings. The highest BCUT2D eigenvalue weighted by molar-refractivity contribution is 6.33. The van der Waals surface area contributed by atoms with Gasteiger partial charge in [0.1, 0.15) is 0 Å². The fraction of sp³-hybridized carbons (Fsp3) is 0.562. The lowest BCUT2D eigenvalue weighted by Gasteiger charge is -2.32. The summed E-state index contributed by atoms with van der Waals surface area (Å²) < 4.78 is 0. The first-order valence-corrected chi connectivity index (χ1v) is 8.03. The van der Waals surface area contributed by atoms with E-state index in [0.717, 1.165) is 25.6 Å². The Bertz CT molecular complexity index is 492. The maximum atomic E-state index is 12.0. The van der Waals surface area contributed by atoms with E-state index in [1.807, 2.05) is 0 Å². The zero-order valence-electron chi connectivity index (χ0n) is 12.6. The van der Waals surface area contributed by atoms with Crippen molar-refractivity contribution in [3.63, 3.8) is 0 Å². The molecule has 5 heteroatoms. The Morgan fingerprint density at radius 3 is 3.05 bits per heavy atom. The molecule has 0 aliphatic carbocycles. The Balaban J connectivity index is 1.78. The molecule has 1 amide bonds. The fourth-order valence-electron chi connectivity index (χ4n) is 2.79. The van der Waals surface area contributed by atoms with Gasteiger partial charge in [-0.1, -0.05) is 24.9 Å². The number of amides is 1. The summed E-state index contributed by atoms with van der Waals surface area (Å²) in [6.07, 6.45) is 4.31. The number of hydrogen-bond acceptors (Lipinski definition) is 3. The normalized spacial score (nSPS) is 19.4. The van der Waals surface area contributed by atoms with Crippen molar-refractivity contribution in [2.75, 3.05) is 30.7 Å². The molecule has 1 aliphatic heterocycles. The number of carbonyl (C=O) groups is 1. The zero-order valence-corrected chi connectivity index (χ0v) is 13.3. The van der Waals surface area contributed by atoms with Crippen LogP contribution in [0.3, 0.4) is 0 Å². The second-order valence-corrected chi connectivity index (χ2v) is 6.16. The van der Waals surface area contributed by atoms with Gasteiger partial charge in [0.05, 0.1) is 10.7 Å². The third-order valence-corrected chi connectivity index (χ3v) is 4.46. The summed E-state index contributed by atoms with van der Waals surface area (Å²) in [7, 11) is 0. The van der Waals surface area contributed by atoms with Crippen LogP contribution < -0.4 is 11.1 Å². The first kappa shape index (κ1) is 16.1. The van der Waals surface area contributed by atoms with E-state index >= 15 is 0 Å². The molecule has 1 aromatic rings. The number of piperidine rings is 1. The molecule has 1 unspecified atom stereocenters. The first-order valence-electron chi connectivity index (χ1n) is 7.65. The van der Waals surface area contributed by atoms with E-state index in [-0.39, 0.29) is 5.91 Å². The van der Waals surface area contributed by atoms with Crippen LogP contribution in [0, 0.1) is 5.92 Å². The van der Waals surface area contributed by atoms with Crippen LogP contribution in [0.1, 0.15) is 32.6 Å². The molecule has 0 spiro atoms. The van der Waals surface area contributed by atoms with Gasteiger partial charge in [0.2, 0.25) is 5.91 Å². The average molecular weight is 310 g/mol. The minimum atomic E-state index is 0.0235. The number of nitrogen functional groups attached to an aromatic ring is 1. The molecule has 3 N–H and O–H groups in total. The Kier molecular flexibility index (Phi) is 5.88. The van der Waals surface area contributed by atoms with E-state index in [1.165, 1.54) is 19.3 Å². The molecule has 0 saturated carbocycles. The van der Waals surface area contributed by atoms with Crippen LogP contribution in [0.15, 0.2) is 18.2 Å². The van der Waals surface area contributed by atoms with Crippen molar-refractivity contribution in [1.29, 1.82) is 0 Å². The summed E-state index contributed by atoms with van der Waals surface area (Å²) in [6, 6.07) is 5.15. The van der Waals surface area contributed by atoms with Gasteiger partial charge in [-0.3, -0.25) is 4.79 Å². The molecule has 1 atom stereocenters. The molecule has 21 heavy (non-hydrogen) atoms. The highest BCUT2D eigenvalue weighted by Gasteiger charge is 2.18. The summed E-state index contributed by atoms with van der Waals surface area (Å²) in [5.74, 6) is 0.813. The van der Waals surface area contributed by atoms with Crippen LogP contribution in [0.5, 0.6) is 0 Å². The number of nitrogens with one attached hydrogen (secondary N) is 1. The number of nitrogens with zero attached hydrogens (tertiary/aromatic N) is 1. The zero-order chi connectivity index (χ0) is 15.2. The number of anilines is 2. The number of likely N-dealkylation sites (tertiary alicyclic amines) is 1. The Hall–Kier alpha value is -1.26. The minimum absolute atomic E-state index is 0.0235. The standard InChI is InChI=1S/C16H24ClN3O/c1-2-12-4-3-8-20(11-12)9-7-16(21)19-13-5-6-14(17)15(18)10-13/h5-6,10,12H,2-4,7-9,11,18H2,1H3,(H,19,21). The van der Waals surface area contributed by atoms with Gasteiger partial charge in [-0.15, -0.1) is 0 Å². The van der Waals surface area contributed by atoms with Gasteiger partial charge < -0.3 is 16.0 Å². The van der Waals surface area contributed by atoms with Crippen LogP contribution in [0.25, 0.3) is 0 Å². The van der Waals surface area contributed by atoms with Crippen LogP contribution in [0.4, 0.5) is 11.4 Å². The second kappa shape index (κ2) is 7.66. The topological polar surface area (TPSA) is 58.4 Å². The van der Waals surface area contributed by atoms with E-state index < -0.39 is 0 Å². The van der Waals surface area contributed by atoms with E-state index in [1.54, 1.807) is 18.2 Å². The van der Waals surface area contributed by atoms with Gasteiger partial charge in [0.15, 0.2) is 0 Å². The van der Waals surface area contributed by atoms with E-state index in [0.29, 0.717) is 22.8 Å². The predicted octanol–water partition coefficient (Wildman–Crippen LogP) is 3.37. The summed E-state index contributed by atoms with van der Waals surface area (Å²) in [6.45, 7) is 5.30. The largest absolute Gasteiger partial charge is 0.397 e. The monoisotopic (exact) mass is 309 g/mol. The van der Waals surface area contributed by atoms with Gasteiger partial charge in [0, 0.05) is 25.2 Å². The smallest absolute Gasteiger partial charge is 0.225 e. The van der Waals surface area contributed by atoms with Gasteiger partial charge in [-0.05, 0) is 43.5 Å². The summed E-state index contributed by atoms with van der Waals surface area (Å²) in [4.78, 5) is 14.4. The van der Waals surface area contributed by atoms with Gasteiger partial charge in [-0.2, -0.15) is 0 Å². The molecule has 4 nitrogen and oxygen atoms in total. The third-order valence-electron chi connectivity index (χ3n) is 4.12. The molecule has 116 valence electrons. The highest BCUT2D eigenvalue weighted by atomic mass is 35.5. The lowest BCUT2D eigenvalue weighted by Crippen LogP contribution is -2.37. The molecule has 0 bridgehead atoms. The quantitative estimate of drug-likeness (QED) is 0.820. The predicted molar refractivity (Wildman–Crippen MR) is 88.6 cm³/mol. The number of halogens is 1. The van der Waals surface area contributed by atoms with Crippen molar-refractivity contribution in [3.8, 4) is 0 Å².